The molecule has 3 rings (SSSR count). The van der Waals surface area contributed by atoms with Crippen LogP contribution in [0.15, 0.2) is 53.4 Å². The molecule has 1 amide bonds. The lowest BCUT2D eigenvalue weighted by molar-refractivity contribution is -0.126. The molecule has 1 fully saturated rings. The van der Waals surface area contributed by atoms with E-state index in [1.165, 1.54) is 16.4 Å². The van der Waals surface area contributed by atoms with Crippen LogP contribution in [-0.4, -0.2) is 38.3 Å². The number of carbonyl (C=O) groups is 1. The molecule has 0 unspecified atom stereocenters. The van der Waals surface area contributed by atoms with Crippen LogP contribution in [0.5, 0.6) is 5.75 Å². The molecule has 0 saturated carbocycles. The minimum Gasteiger partial charge on any atom is -0.494 e. The molecule has 1 N–H and O–H groups in total. The van der Waals surface area contributed by atoms with E-state index in [2.05, 4.69) is 5.32 Å². The molecule has 1 atom stereocenters. The van der Waals surface area contributed by atoms with Gasteiger partial charge in [0.1, 0.15) is 5.75 Å². The summed E-state index contributed by atoms with van der Waals surface area (Å²) in [6.45, 7) is 5.12. The molecule has 0 aromatic heterocycles. The van der Waals surface area contributed by atoms with Gasteiger partial charge in [0.05, 0.1) is 17.5 Å². The highest BCUT2D eigenvalue weighted by molar-refractivity contribution is 7.89. The maximum absolute atomic E-state index is 12.8. The zero-order valence-corrected chi connectivity index (χ0v) is 18.7. The molecule has 1 heterocycles. The third-order valence-electron chi connectivity index (χ3n) is 5.33. The smallest absolute Gasteiger partial charge is 0.243 e. The number of rotatable bonds is 7. The Labute approximate surface area is 183 Å². The number of benzene rings is 2. The number of nitrogens with one attached hydrogen (secondary N) is 1. The van der Waals surface area contributed by atoms with E-state index in [9.17, 15) is 13.2 Å². The lowest BCUT2D eigenvalue weighted by Crippen LogP contribution is -2.43. The van der Waals surface area contributed by atoms with Crippen LogP contribution in [-0.2, 0) is 14.8 Å². The number of piperidine rings is 1. The second-order valence-corrected chi connectivity index (χ2v) is 9.74. The van der Waals surface area contributed by atoms with Gasteiger partial charge in [-0.3, -0.25) is 4.79 Å². The number of halogens is 1. The fraction of sp³-hybridized carbons (Fsp3) is 0.409. The minimum atomic E-state index is -3.57. The SMILES string of the molecule is CCOc1ccc([C@H](C)NC(=O)C2CCN(S(=O)(=O)c3ccc(Cl)cc3)CC2)cc1. The van der Waals surface area contributed by atoms with Gasteiger partial charge < -0.3 is 10.1 Å². The Morgan fingerprint density at radius 2 is 1.73 bits per heavy atom. The summed E-state index contributed by atoms with van der Waals surface area (Å²) in [7, 11) is -3.57. The minimum absolute atomic E-state index is 0.0417. The van der Waals surface area contributed by atoms with E-state index in [0.717, 1.165) is 11.3 Å². The van der Waals surface area contributed by atoms with Crippen molar-refractivity contribution in [1.82, 2.24) is 9.62 Å². The van der Waals surface area contributed by atoms with Crippen molar-refractivity contribution in [2.24, 2.45) is 5.92 Å². The second kappa shape index (κ2) is 9.81. The molecule has 0 aliphatic carbocycles. The van der Waals surface area contributed by atoms with Gasteiger partial charge in [0.15, 0.2) is 0 Å². The molecule has 1 aliphatic rings. The lowest BCUT2D eigenvalue weighted by atomic mass is 9.96. The van der Waals surface area contributed by atoms with Crippen molar-refractivity contribution in [3.8, 4) is 5.75 Å². The van der Waals surface area contributed by atoms with E-state index in [1.807, 2.05) is 38.1 Å². The largest absolute Gasteiger partial charge is 0.494 e. The van der Waals surface area contributed by atoms with Crippen LogP contribution in [0.2, 0.25) is 5.02 Å². The summed E-state index contributed by atoms with van der Waals surface area (Å²) < 4.78 is 32.5. The number of nitrogens with zero attached hydrogens (tertiary/aromatic N) is 1. The highest BCUT2D eigenvalue weighted by atomic mass is 35.5. The predicted octanol–water partition coefficient (Wildman–Crippen LogP) is 4.02. The number of amides is 1. The normalized spacial score (nSPS) is 16.8. The van der Waals surface area contributed by atoms with Crippen molar-refractivity contribution in [2.45, 2.75) is 37.6 Å². The summed E-state index contributed by atoms with van der Waals surface area (Å²) in [4.78, 5) is 12.9. The van der Waals surface area contributed by atoms with Crippen LogP contribution in [0.3, 0.4) is 0 Å². The van der Waals surface area contributed by atoms with Crippen molar-refractivity contribution in [2.75, 3.05) is 19.7 Å². The Hall–Kier alpha value is -2.09. The van der Waals surface area contributed by atoms with Crippen LogP contribution in [0.1, 0.15) is 38.3 Å². The molecular weight excluding hydrogens is 424 g/mol. The average molecular weight is 451 g/mol. The number of sulfonamides is 1. The second-order valence-electron chi connectivity index (χ2n) is 7.36. The topological polar surface area (TPSA) is 75.7 Å². The summed E-state index contributed by atoms with van der Waals surface area (Å²) in [5, 5.41) is 3.54. The monoisotopic (exact) mass is 450 g/mol. The van der Waals surface area contributed by atoms with Crippen LogP contribution < -0.4 is 10.1 Å². The highest BCUT2D eigenvalue weighted by Crippen LogP contribution is 2.26. The van der Waals surface area contributed by atoms with Crippen LogP contribution in [0, 0.1) is 5.92 Å². The molecule has 0 spiro atoms. The lowest BCUT2D eigenvalue weighted by Gasteiger charge is -2.31. The molecular formula is C22H27ClN2O4S. The quantitative estimate of drug-likeness (QED) is 0.691. The Morgan fingerprint density at radius 1 is 1.13 bits per heavy atom. The third-order valence-corrected chi connectivity index (χ3v) is 7.49. The first-order chi connectivity index (χ1) is 14.3. The standard InChI is InChI=1S/C22H27ClN2O4S/c1-3-29-20-8-4-17(5-9-20)16(2)24-22(26)18-12-14-25(15-13-18)30(27,28)21-10-6-19(23)7-11-21/h4-11,16,18H,3,12-15H2,1-2H3,(H,24,26)/t16-/m0/s1. The summed E-state index contributed by atoms with van der Waals surface area (Å²) in [6.07, 6.45) is 0.989. The molecule has 0 bridgehead atoms. The van der Waals surface area contributed by atoms with E-state index >= 15 is 0 Å². The average Bonchev–Trinajstić information content (AvgIpc) is 2.75. The van der Waals surface area contributed by atoms with E-state index in [-0.39, 0.29) is 22.8 Å². The highest BCUT2D eigenvalue weighted by Gasteiger charge is 2.32. The van der Waals surface area contributed by atoms with Gasteiger partial charge in [-0.2, -0.15) is 4.31 Å². The van der Waals surface area contributed by atoms with Crippen molar-refractivity contribution in [1.29, 1.82) is 0 Å². The zero-order chi connectivity index (χ0) is 21.7. The Balaban J connectivity index is 1.55. The molecule has 2 aromatic carbocycles. The molecule has 8 heteroatoms. The third kappa shape index (κ3) is 5.33. The van der Waals surface area contributed by atoms with Gasteiger partial charge in [-0.25, -0.2) is 8.42 Å². The van der Waals surface area contributed by atoms with Crippen LogP contribution in [0.4, 0.5) is 0 Å². The van der Waals surface area contributed by atoms with Gasteiger partial charge in [0, 0.05) is 24.0 Å². The Bertz CT molecular complexity index is 954. The first kappa shape index (κ1) is 22.6. The first-order valence-corrected chi connectivity index (χ1v) is 11.9. The summed E-state index contributed by atoms with van der Waals surface area (Å²) in [5.74, 6) is 0.556. The van der Waals surface area contributed by atoms with Gasteiger partial charge in [-0.1, -0.05) is 23.7 Å². The van der Waals surface area contributed by atoms with Crippen molar-refractivity contribution >= 4 is 27.5 Å². The maximum Gasteiger partial charge on any atom is 0.243 e. The number of carbonyl (C=O) groups excluding carboxylic acids is 1. The van der Waals surface area contributed by atoms with E-state index in [0.29, 0.717) is 37.6 Å². The van der Waals surface area contributed by atoms with E-state index in [1.54, 1.807) is 12.1 Å². The van der Waals surface area contributed by atoms with Crippen LogP contribution in [0.25, 0.3) is 0 Å². The summed E-state index contributed by atoms with van der Waals surface area (Å²) >= 11 is 5.85. The molecule has 1 saturated heterocycles. The molecule has 30 heavy (non-hydrogen) atoms. The van der Waals surface area contributed by atoms with Gasteiger partial charge in [0.25, 0.3) is 0 Å². The number of hydrogen-bond acceptors (Lipinski definition) is 4. The van der Waals surface area contributed by atoms with E-state index < -0.39 is 10.0 Å². The van der Waals surface area contributed by atoms with E-state index in [4.69, 9.17) is 16.3 Å². The van der Waals surface area contributed by atoms with Gasteiger partial charge >= 0.3 is 0 Å². The van der Waals surface area contributed by atoms with Gasteiger partial charge in [-0.15, -0.1) is 0 Å². The first-order valence-electron chi connectivity index (χ1n) is 10.1. The molecule has 2 aromatic rings. The predicted molar refractivity (Wildman–Crippen MR) is 117 cm³/mol. The van der Waals surface area contributed by atoms with Crippen LogP contribution >= 0.6 is 11.6 Å². The number of hydrogen-bond donors (Lipinski definition) is 1. The summed E-state index contributed by atoms with van der Waals surface area (Å²) in [5.41, 5.74) is 0.995. The van der Waals surface area contributed by atoms with Gasteiger partial charge in [-0.05, 0) is 68.7 Å². The molecule has 1 aliphatic heterocycles. The molecule has 6 nitrogen and oxygen atoms in total. The number of ether oxygens (including phenoxy) is 1. The van der Waals surface area contributed by atoms with Crippen molar-refractivity contribution in [3.05, 3.63) is 59.1 Å². The molecule has 162 valence electrons. The maximum atomic E-state index is 12.8. The van der Waals surface area contributed by atoms with Crippen molar-refractivity contribution < 1.29 is 17.9 Å². The van der Waals surface area contributed by atoms with Crippen molar-refractivity contribution in [3.63, 3.8) is 0 Å². The Morgan fingerprint density at radius 3 is 2.30 bits per heavy atom. The Kier molecular flexibility index (Phi) is 7.39. The van der Waals surface area contributed by atoms with Gasteiger partial charge in [0.2, 0.25) is 15.9 Å². The molecule has 0 radical (unpaired) electrons. The fourth-order valence-corrected chi connectivity index (χ4v) is 5.14. The fourth-order valence-electron chi connectivity index (χ4n) is 3.55. The zero-order valence-electron chi connectivity index (χ0n) is 17.2. The summed E-state index contributed by atoms with van der Waals surface area (Å²) in [6, 6.07) is 13.7.